The first-order chi connectivity index (χ1) is 15.0. The Labute approximate surface area is 181 Å². The molecule has 1 unspecified atom stereocenters. The topological polar surface area (TPSA) is 87.3 Å². The van der Waals surface area contributed by atoms with Gasteiger partial charge in [0.2, 0.25) is 0 Å². The number of methoxy groups -OCH3 is 1. The van der Waals surface area contributed by atoms with E-state index in [0.29, 0.717) is 43.7 Å². The van der Waals surface area contributed by atoms with Crippen molar-refractivity contribution in [2.24, 2.45) is 5.92 Å². The Morgan fingerprint density at radius 2 is 2.03 bits per heavy atom. The van der Waals surface area contributed by atoms with Crippen LogP contribution in [0.2, 0.25) is 0 Å². The average Bonchev–Trinajstić information content (AvgIpc) is 3.57. The van der Waals surface area contributed by atoms with E-state index in [4.69, 9.17) is 4.74 Å². The lowest BCUT2D eigenvalue weighted by molar-refractivity contribution is -0.146. The molecule has 7 nitrogen and oxygen atoms in total. The highest BCUT2D eigenvalue weighted by Crippen LogP contribution is 2.40. The second-order valence-electron chi connectivity index (χ2n) is 8.39. The van der Waals surface area contributed by atoms with Crippen LogP contribution in [0, 0.1) is 11.7 Å². The fraction of sp³-hybridized carbons (Fsp3) is 0.522. The summed E-state index contributed by atoms with van der Waals surface area (Å²) in [5, 5.41) is 3.55. The van der Waals surface area contributed by atoms with E-state index >= 15 is 0 Å². The summed E-state index contributed by atoms with van der Waals surface area (Å²) in [7, 11) is 1.41. The molecule has 1 aromatic carbocycles. The molecular weight excluding hydrogens is 399 g/mol. The Hall–Kier alpha value is -2.74. The minimum atomic E-state index is -0.200. The second-order valence-corrected chi connectivity index (χ2v) is 8.39. The van der Waals surface area contributed by atoms with Gasteiger partial charge in [-0.2, -0.15) is 0 Å². The lowest BCUT2D eigenvalue weighted by atomic mass is 9.97. The van der Waals surface area contributed by atoms with E-state index in [2.05, 4.69) is 15.3 Å². The quantitative estimate of drug-likeness (QED) is 0.496. The van der Waals surface area contributed by atoms with Crippen molar-refractivity contribution < 1.29 is 13.9 Å². The molecule has 8 heteroatoms. The molecule has 2 atom stereocenters. The Morgan fingerprint density at radius 1 is 1.29 bits per heavy atom. The minimum absolute atomic E-state index is 0.101. The van der Waals surface area contributed by atoms with Crippen molar-refractivity contribution in [3.63, 3.8) is 0 Å². The molecule has 0 spiro atoms. The van der Waals surface area contributed by atoms with Crippen LogP contribution in [0.25, 0.3) is 0 Å². The number of piperidine rings is 1. The van der Waals surface area contributed by atoms with E-state index in [1.165, 1.54) is 24.8 Å². The van der Waals surface area contributed by atoms with E-state index in [1.807, 2.05) is 17.0 Å². The Kier molecular flexibility index (Phi) is 6.65. The predicted molar refractivity (Wildman–Crippen MR) is 116 cm³/mol. The van der Waals surface area contributed by atoms with Crippen LogP contribution >= 0.6 is 0 Å². The summed E-state index contributed by atoms with van der Waals surface area (Å²) in [5.74, 6) is 0.420. The van der Waals surface area contributed by atoms with E-state index in [-0.39, 0.29) is 23.3 Å². The van der Waals surface area contributed by atoms with E-state index in [9.17, 15) is 14.0 Å². The number of benzene rings is 1. The van der Waals surface area contributed by atoms with Crippen LogP contribution in [0.3, 0.4) is 0 Å². The largest absolute Gasteiger partial charge is 0.469 e. The zero-order valence-electron chi connectivity index (χ0n) is 17.8. The van der Waals surface area contributed by atoms with E-state index in [1.54, 1.807) is 6.20 Å². The second kappa shape index (κ2) is 9.60. The number of nitrogens with zero attached hydrogens (tertiary/aromatic N) is 2. The fourth-order valence-corrected chi connectivity index (χ4v) is 4.32. The van der Waals surface area contributed by atoms with Gasteiger partial charge >= 0.3 is 5.97 Å². The van der Waals surface area contributed by atoms with Crippen molar-refractivity contribution in [3.8, 4) is 0 Å². The molecule has 4 rings (SSSR count). The molecule has 2 aromatic rings. The molecule has 1 aromatic heterocycles. The number of halogens is 1. The molecule has 2 N–H and O–H groups in total. The number of anilines is 1. The molecule has 2 aliphatic rings. The molecule has 1 aliphatic heterocycles. The lowest BCUT2D eigenvalue weighted by Gasteiger charge is -2.31. The van der Waals surface area contributed by atoms with Gasteiger partial charge in [-0.25, -0.2) is 9.37 Å². The standard InChI is InChI=1S/C23H29FN4O3/c1-31-23(30)16-8-11-28(12-9-16)21-22(29)26-14-18(27-21)3-2-10-25-20-13-19(20)15-4-6-17(24)7-5-15/h4-7,14,16,19-20,25H,2-3,8-13H2,1H3,(H,26,29)/t19-,20?/m0/s1. The van der Waals surface area contributed by atoms with Gasteiger partial charge in [-0.3, -0.25) is 9.59 Å². The third-order valence-corrected chi connectivity index (χ3v) is 6.26. The number of aryl methyl sites for hydroxylation is 1. The number of nitrogens with one attached hydrogen (secondary N) is 2. The monoisotopic (exact) mass is 428 g/mol. The average molecular weight is 429 g/mol. The van der Waals surface area contributed by atoms with E-state index < -0.39 is 0 Å². The van der Waals surface area contributed by atoms with Gasteiger partial charge in [0.15, 0.2) is 5.82 Å². The fourth-order valence-electron chi connectivity index (χ4n) is 4.32. The first-order valence-corrected chi connectivity index (χ1v) is 11.0. The molecular formula is C23H29FN4O3. The van der Waals surface area contributed by atoms with Crippen molar-refractivity contribution in [2.75, 3.05) is 31.6 Å². The molecule has 1 saturated carbocycles. The summed E-state index contributed by atoms with van der Waals surface area (Å²) in [6, 6.07) is 7.20. The number of rotatable bonds is 8. The number of aromatic amines is 1. The normalized spacial score (nSPS) is 21.2. The van der Waals surface area contributed by atoms with Gasteiger partial charge in [0.25, 0.3) is 5.56 Å². The molecule has 1 aliphatic carbocycles. The van der Waals surface area contributed by atoms with Gasteiger partial charge < -0.3 is 19.9 Å². The van der Waals surface area contributed by atoms with Gasteiger partial charge in [-0.05, 0) is 56.3 Å². The predicted octanol–water partition coefficient (Wildman–Crippen LogP) is 2.38. The third-order valence-electron chi connectivity index (χ3n) is 6.26. The number of esters is 1. The lowest BCUT2D eigenvalue weighted by Crippen LogP contribution is -2.40. The van der Waals surface area contributed by atoms with E-state index in [0.717, 1.165) is 31.5 Å². The van der Waals surface area contributed by atoms with Crippen LogP contribution in [-0.4, -0.2) is 48.7 Å². The number of carbonyl (C=O) groups excluding carboxylic acids is 1. The maximum Gasteiger partial charge on any atom is 0.308 e. The number of aromatic nitrogens is 2. The van der Waals surface area contributed by atoms with Gasteiger partial charge in [-0.15, -0.1) is 0 Å². The summed E-state index contributed by atoms with van der Waals surface area (Å²) in [6.45, 7) is 2.10. The number of hydrogen-bond acceptors (Lipinski definition) is 6. The molecule has 0 amide bonds. The van der Waals surface area contributed by atoms with Crippen molar-refractivity contribution >= 4 is 11.8 Å². The summed E-state index contributed by atoms with van der Waals surface area (Å²) in [5.41, 5.74) is 1.85. The summed E-state index contributed by atoms with van der Waals surface area (Å²) < 4.78 is 17.9. The van der Waals surface area contributed by atoms with Gasteiger partial charge in [-0.1, -0.05) is 12.1 Å². The molecule has 31 heavy (non-hydrogen) atoms. The highest BCUT2D eigenvalue weighted by Gasteiger charge is 2.37. The maximum absolute atomic E-state index is 13.0. The van der Waals surface area contributed by atoms with Crippen molar-refractivity contribution in [1.82, 2.24) is 15.3 Å². The zero-order chi connectivity index (χ0) is 21.8. The van der Waals surface area contributed by atoms with Crippen LogP contribution < -0.4 is 15.8 Å². The third kappa shape index (κ3) is 5.31. The van der Waals surface area contributed by atoms with Gasteiger partial charge in [0.05, 0.1) is 18.7 Å². The Balaban J connectivity index is 1.23. The summed E-state index contributed by atoms with van der Waals surface area (Å²) >= 11 is 0. The van der Waals surface area contributed by atoms with Crippen molar-refractivity contribution in [2.45, 2.75) is 44.1 Å². The van der Waals surface area contributed by atoms with Crippen molar-refractivity contribution in [1.29, 1.82) is 0 Å². The van der Waals surface area contributed by atoms with Gasteiger partial charge in [0.1, 0.15) is 5.82 Å². The summed E-state index contributed by atoms with van der Waals surface area (Å²) in [6.07, 6.45) is 5.77. The maximum atomic E-state index is 13.0. The van der Waals surface area contributed by atoms with Crippen LogP contribution in [0.15, 0.2) is 35.3 Å². The molecule has 0 bridgehead atoms. The highest BCUT2D eigenvalue weighted by molar-refractivity contribution is 5.72. The zero-order valence-corrected chi connectivity index (χ0v) is 17.8. The van der Waals surface area contributed by atoms with Crippen molar-refractivity contribution in [3.05, 3.63) is 57.9 Å². The SMILES string of the molecule is COC(=O)C1CCN(c2nc(CCCNC3C[C@H]3c3ccc(F)cc3)c[nH]c2=O)CC1. The van der Waals surface area contributed by atoms with Gasteiger partial charge in [0, 0.05) is 31.2 Å². The number of carbonyl (C=O) groups is 1. The van der Waals surface area contributed by atoms with Crippen LogP contribution in [0.4, 0.5) is 10.2 Å². The first-order valence-electron chi connectivity index (χ1n) is 11.0. The minimum Gasteiger partial charge on any atom is -0.469 e. The first kappa shape index (κ1) is 21.5. The molecule has 0 radical (unpaired) electrons. The summed E-state index contributed by atoms with van der Waals surface area (Å²) in [4.78, 5) is 33.3. The van der Waals surface area contributed by atoms with Crippen LogP contribution in [0.1, 0.15) is 42.9 Å². The number of ether oxygens (including phenoxy) is 1. The Bertz CT molecular complexity index is 954. The molecule has 2 heterocycles. The molecule has 166 valence electrons. The number of hydrogen-bond donors (Lipinski definition) is 2. The molecule has 2 fully saturated rings. The number of H-pyrrole nitrogens is 1. The smallest absolute Gasteiger partial charge is 0.308 e. The van der Waals surface area contributed by atoms with Crippen LogP contribution in [-0.2, 0) is 16.0 Å². The highest BCUT2D eigenvalue weighted by atomic mass is 19.1. The Morgan fingerprint density at radius 3 is 2.74 bits per heavy atom. The molecule has 1 saturated heterocycles. The van der Waals surface area contributed by atoms with Crippen LogP contribution in [0.5, 0.6) is 0 Å².